The Hall–Kier alpha value is -3.28. The van der Waals surface area contributed by atoms with Crippen molar-refractivity contribution < 1.29 is 23.4 Å². The number of anilines is 1. The Morgan fingerprint density at radius 1 is 1.15 bits per heavy atom. The van der Waals surface area contributed by atoms with E-state index in [1.54, 1.807) is 18.2 Å². The van der Waals surface area contributed by atoms with Crippen molar-refractivity contribution in [3.8, 4) is 11.3 Å². The van der Waals surface area contributed by atoms with Crippen molar-refractivity contribution in [2.24, 2.45) is 0 Å². The van der Waals surface area contributed by atoms with E-state index in [0.29, 0.717) is 39.4 Å². The van der Waals surface area contributed by atoms with Gasteiger partial charge in [0.15, 0.2) is 6.10 Å². The third-order valence-corrected chi connectivity index (χ3v) is 8.67. The van der Waals surface area contributed by atoms with Gasteiger partial charge in [0.25, 0.3) is 0 Å². The lowest BCUT2D eigenvalue weighted by molar-refractivity contribution is -0.104. The summed E-state index contributed by atoms with van der Waals surface area (Å²) in [5.74, 6) is 0. The minimum absolute atomic E-state index is 0.0642. The summed E-state index contributed by atoms with van der Waals surface area (Å²) in [5, 5.41) is 4.53. The zero-order valence-electron chi connectivity index (χ0n) is 23.2. The van der Waals surface area contributed by atoms with Crippen LogP contribution in [0.2, 0.25) is 0 Å². The predicted octanol–water partition coefficient (Wildman–Crippen LogP) is 3.35. The topological polar surface area (TPSA) is 84.7 Å². The van der Waals surface area contributed by atoms with Gasteiger partial charge in [-0.25, -0.2) is 13.7 Å². The van der Waals surface area contributed by atoms with Crippen molar-refractivity contribution >= 4 is 17.3 Å². The Labute approximate surface area is 233 Å². The second-order valence-corrected chi connectivity index (χ2v) is 11.0. The summed E-state index contributed by atoms with van der Waals surface area (Å²) in [7, 11) is 1.75. The highest BCUT2D eigenvalue weighted by Crippen LogP contribution is 2.37. The highest BCUT2D eigenvalue weighted by Gasteiger charge is 2.37. The summed E-state index contributed by atoms with van der Waals surface area (Å²) in [6.45, 7) is 6.79. The number of hydrogen-bond donors (Lipinski definition) is 0. The molecule has 0 aliphatic carbocycles. The van der Waals surface area contributed by atoms with E-state index in [1.165, 1.54) is 0 Å². The molecule has 214 valence electrons. The Balaban J connectivity index is 1.15. The Bertz CT molecular complexity index is 1310. The molecule has 0 spiro atoms. The number of alkyl halides is 1. The van der Waals surface area contributed by atoms with E-state index >= 15 is 0 Å². The molecule has 6 heterocycles. The summed E-state index contributed by atoms with van der Waals surface area (Å²) in [6.07, 6.45) is 6.95. The Morgan fingerprint density at radius 2 is 1.93 bits per heavy atom. The fraction of sp³-hybridized carbons (Fsp3) is 0.552. The molecule has 1 unspecified atom stereocenters. The second-order valence-electron chi connectivity index (χ2n) is 11.0. The first-order valence-corrected chi connectivity index (χ1v) is 14.1. The van der Waals surface area contributed by atoms with Gasteiger partial charge in [-0.15, -0.1) is 0 Å². The lowest BCUT2D eigenvalue weighted by Gasteiger charge is -2.42. The highest BCUT2D eigenvalue weighted by molar-refractivity contribution is 5.79. The number of piperidine rings is 1. The van der Waals surface area contributed by atoms with Crippen LogP contribution in [0.25, 0.3) is 16.8 Å². The molecular formula is C29H37FN6O4. The molecule has 3 aromatic rings. The van der Waals surface area contributed by atoms with Crippen LogP contribution < -0.4 is 4.90 Å². The molecule has 11 heteroatoms. The molecule has 0 aromatic carbocycles. The van der Waals surface area contributed by atoms with E-state index in [1.807, 2.05) is 36.0 Å². The van der Waals surface area contributed by atoms with E-state index in [9.17, 15) is 9.18 Å². The average molecular weight is 553 g/mol. The van der Waals surface area contributed by atoms with E-state index < -0.39 is 5.60 Å². The summed E-state index contributed by atoms with van der Waals surface area (Å²) in [6, 6.07) is 8.22. The number of carbonyl (C=O) groups excluding carboxylic acids is 1. The number of amides is 1. The van der Waals surface area contributed by atoms with Crippen LogP contribution in [0.4, 0.5) is 14.9 Å². The maximum absolute atomic E-state index is 13.2. The molecule has 3 aromatic heterocycles. The maximum atomic E-state index is 13.2. The van der Waals surface area contributed by atoms with Crippen LogP contribution in [0.3, 0.4) is 0 Å². The van der Waals surface area contributed by atoms with Gasteiger partial charge in [0, 0.05) is 82.1 Å². The third-order valence-electron chi connectivity index (χ3n) is 8.67. The maximum Gasteiger partial charge on any atom is 0.410 e. The van der Waals surface area contributed by atoms with Gasteiger partial charge in [0.2, 0.25) is 0 Å². The number of ether oxygens (including phenoxy) is 3. The van der Waals surface area contributed by atoms with Crippen molar-refractivity contribution in [3.05, 3.63) is 48.4 Å². The van der Waals surface area contributed by atoms with E-state index in [-0.39, 0.29) is 24.9 Å². The molecule has 1 atom stereocenters. The van der Waals surface area contributed by atoms with E-state index in [0.717, 1.165) is 54.0 Å². The summed E-state index contributed by atoms with van der Waals surface area (Å²) < 4.78 is 31.6. The molecule has 0 saturated carbocycles. The number of rotatable bonds is 7. The number of hydrogen-bond acceptors (Lipinski definition) is 8. The van der Waals surface area contributed by atoms with Gasteiger partial charge >= 0.3 is 6.09 Å². The van der Waals surface area contributed by atoms with Gasteiger partial charge in [-0.3, -0.25) is 9.88 Å². The first-order valence-electron chi connectivity index (χ1n) is 14.1. The standard InChI is InChI=1S/C29H37FN6O4/c1-21(16-30)33-9-6-29(38-2,7-10-33)23-3-4-25(31-17-23)22-15-27-26(5-8-32-36(27)18-22)34-11-13-35(14-12-34)28(37)40-24-19-39-20-24/h3-5,8,15,17-18,21,24H,6-7,9-14,16,19-20H2,1-2H3. The zero-order chi connectivity index (χ0) is 27.7. The minimum atomic E-state index is -0.404. The van der Waals surface area contributed by atoms with Gasteiger partial charge in [-0.05, 0) is 38.0 Å². The Kier molecular flexibility index (Phi) is 7.61. The highest BCUT2D eigenvalue weighted by atomic mass is 19.1. The molecule has 0 radical (unpaired) electrons. The van der Waals surface area contributed by atoms with Crippen molar-refractivity contribution in [2.45, 2.75) is 37.5 Å². The van der Waals surface area contributed by atoms with Crippen molar-refractivity contribution in [3.63, 3.8) is 0 Å². The molecule has 3 aliphatic rings. The van der Waals surface area contributed by atoms with Crippen LogP contribution in [0.15, 0.2) is 42.9 Å². The number of piperazine rings is 1. The normalized spacial score (nSPS) is 20.9. The molecule has 40 heavy (non-hydrogen) atoms. The number of halogens is 1. The molecule has 0 N–H and O–H groups in total. The van der Waals surface area contributed by atoms with Gasteiger partial charge in [-0.2, -0.15) is 5.10 Å². The number of fused-ring (bicyclic) bond motifs is 1. The van der Waals surface area contributed by atoms with Gasteiger partial charge < -0.3 is 24.0 Å². The van der Waals surface area contributed by atoms with E-state index in [2.05, 4.69) is 27.0 Å². The molecule has 3 aliphatic heterocycles. The average Bonchev–Trinajstić information content (AvgIpc) is 3.43. The van der Waals surface area contributed by atoms with Crippen LogP contribution in [0.1, 0.15) is 25.3 Å². The molecule has 0 bridgehead atoms. The quantitative estimate of drug-likeness (QED) is 0.441. The summed E-state index contributed by atoms with van der Waals surface area (Å²) >= 11 is 0. The van der Waals surface area contributed by atoms with Gasteiger partial charge in [-0.1, -0.05) is 6.07 Å². The Morgan fingerprint density at radius 3 is 2.55 bits per heavy atom. The van der Waals surface area contributed by atoms with Crippen LogP contribution in [0.5, 0.6) is 0 Å². The van der Waals surface area contributed by atoms with Crippen LogP contribution in [0, 0.1) is 0 Å². The summed E-state index contributed by atoms with van der Waals surface area (Å²) in [4.78, 5) is 23.5. The van der Waals surface area contributed by atoms with E-state index in [4.69, 9.17) is 19.2 Å². The first-order chi connectivity index (χ1) is 19.5. The third kappa shape index (κ3) is 5.13. The van der Waals surface area contributed by atoms with Crippen molar-refractivity contribution in [2.75, 3.05) is 71.2 Å². The predicted molar refractivity (Wildman–Crippen MR) is 148 cm³/mol. The SMILES string of the molecule is COC1(c2ccc(-c3cc4c(N5CCN(C(=O)OC6COC6)CC5)ccnn4c3)nc2)CCN(C(C)CF)CC1. The lowest BCUT2D eigenvalue weighted by atomic mass is 9.84. The molecule has 1 amide bonds. The molecule has 10 nitrogen and oxygen atoms in total. The number of aromatic nitrogens is 3. The fourth-order valence-electron chi connectivity index (χ4n) is 5.90. The minimum Gasteiger partial charge on any atom is -0.441 e. The molecule has 6 rings (SSSR count). The molecule has 3 saturated heterocycles. The first kappa shape index (κ1) is 26.9. The number of carbonyl (C=O) groups is 1. The number of likely N-dealkylation sites (tertiary alicyclic amines) is 1. The van der Waals surface area contributed by atoms with Crippen molar-refractivity contribution in [1.82, 2.24) is 24.4 Å². The fourth-order valence-corrected chi connectivity index (χ4v) is 5.90. The second kappa shape index (κ2) is 11.3. The number of methoxy groups -OCH3 is 1. The zero-order valence-corrected chi connectivity index (χ0v) is 23.2. The smallest absolute Gasteiger partial charge is 0.410 e. The number of pyridine rings is 1. The van der Waals surface area contributed by atoms with Crippen LogP contribution in [-0.4, -0.2) is 109 Å². The van der Waals surface area contributed by atoms with Crippen molar-refractivity contribution in [1.29, 1.82) is 0 Å². The van der Waals surface area contributed by atoms with Crippen LogP contribution >= 0.6 is 0 Å². The molecular weight excluding hydrogens is 515 g/mol. The van der Waals surface area contributed by atoms with Crippen LogP contribution in [-0.2, 0) is 19.8 Å². The molecule has 3 fully saturated rings. The number of nitrogens with zero attached hydrogens (tertiary/aromatic N) is 6. The summed E-state index contributed by atoms with van der Waals surface area (Å²) in [5.41, 5.74) is 4.56. The van der Waals surface area contributed by atoms with Gasteiger partial charge in [0.05, 0.1) is 35.7 Å². The van der Waals surface area contributed by atoms with Gasteiger partial charge in [0.1, 0.15) is 6.67 Å². The monoisotopic (exact) mass is 552 g/mol. The largest absolute Gasteiger partial charge is 0.441 e. The lowest BCUT2D eigenvalue weighted by Crippen LogP contribution is -2.51.